The fourth-order valence-corrected chi connectivity index (χ4v) is 2.96. The second-order valence-corrected chi connectivity index (χ2v) is 4.45. The smallest absolute Gasteiger partial charge is 0.0630 e. The van der Waals surface area contributed by atoms with E-state index < -0.39 is 0 Å². The van der Waals surface area contributed by atoms with Crippen LogP contribution in [0.5, 0.6) is 0 Å². The van der Waals surface area contributed by atoms with Crippen molar-refractivity contribution in [1.82, 2.24) is 5.32 Å². The highest BCUT2D eigenvalue weighted by Gasteiger charge is 2.24. The van der Waals surface area contributed by atoms with E-state index in [-0.39, 0.29) is 0 Å². The highest BCUT2D eigenvalue weighted by atomic mass is 32.2. The summed E-state index contributed by atoms with van der Waals surface area (Å²) in [6.45, 7) is 3.74. The van der Waals surface area contributed by atoms with Crippen LogP contribution in [0.25, 0.3) is 0 Å². The van der Waals surface area contributed by atoms with Crippen LogP contribution in [0.15, 0.2) is 0 Å². The molecule has 0 saturated carbocycles. The Bertz CT molecular complexity index is 115. The Hall–Kier alpha value is 0.270. The van der Waals surface area contributed by atoms with Crippen LogP contribution in [-0.2, 0) is 4.74 Å². The lowest BCUT2D eigenvalue weighted by atomic mass is 10.1. The molecule has 0 aromatic heterocycles. The van der Waals surface area contributed by atoms with E-state index in [1.807, 2.05) is 7.05 Å². The molecule has 12 heavy (non-hydrogen) atoms. The van der Waals surface area contributed by atoms with E-state index in [2.05, 4.69) is 24.0 Å². The maximum atomic E-state index is 5.42. The van der Waals surface area contributed by atoms with Gasteiger partial charge in [-0.2, -0.15) is 11.8 Å². The molecule has 1 N–H and O–H groups in total. The van der Waals surface area contributed by atoms with Gasteiger partial charge in [-0.25, -0.2) is 0 Å². The Morgan fingerprint density at radius 3 is 3.00 bits per heavy atom. The summed E-state index contributed by atoms with van der Waals surface area (Å²) < 4.78 is 5.42. The zero-order valence-corrected chi connectivity index (χ0v) is 8.82. The van der Waals surface area contributed by atoms with Gasteiger partial charge in [0.05, 0.1) is 6.61 Å². The van der Waals surface area contributed by atoms with Gasteiger partial charge in [0.15, 0.2) is 0 Å². The number of hydrogen-bond donors (Lipinski definition) is 1. The molecular weight excluding hydrogens is 170 g/mol. The summed E-state index contributed by atoms with van der Waals surface area (Å²) in [6, 6.07) is 0.553. The average Bonchev–Trinajstić information content (AvgIpc) is 2.59. The molecule has 0 aliphatic carbocycles. The van der Waals surface area contributed by atoms with Crippen LogP contribution in [0.1, 0.15) is 19.8 Å². The zero-order chi connectivity index (χ0) is 8.81. The molecule has 0 aromatic rings. The number of rotatable bonds is 5. The Kier molecular flexibility index (Phi) is 5.04. The summed E-state index contributed by atoms with van der Waals surface area (Å²) in [6.07, 6.45) is 2.73. The Labute approximate surface area is 79.4 Å². The number of thioether (sulfide) groups is 1. The molecule has 1 aliphatic heterocycles. The van der Waals surface area contributed by atoms with E-state index in [0.717, 1.165) is 18.5 Å². The largest absolute Gasteiger partial charge is 0.380 e. The van der Waals surface area contributed by atoms with E-state index in [9.17, 15) is 0 Å². The van der Waals surface area contributed by atoms with Crippen LogP contribution in [0, 0.1) is 0 Å². The molecular formula is C9H19NOS. The van der Waals surface area contributed by atoms with Gasteiger partial charge >= 0.3 is 0 Å². The predicted molar refractivity (Wildman–Crippen MR) is 54.8 cm³/mol. The van der Waals surface area contributed by atoms with Crippen LogP contribution < -0.4 is 5.32 Å². The van der Waals surface area contributed by atoms with Gasteiger partial charge in [0.1, 0.15) is 0 Å². The lowest BCUT2D eigenvalue weighted by Crippen LogP contribution is -2.38. The molecule has 1 rings (SSSR count). The summed E-state index contributed by atoms with van der Waals surface area (Å²) in [7, 11) is 2.03. The summed E-state index contributed by atoms with van der Waals surface area (Å²) in [5.74, 6) is 1.33. The normalized spacial score (nSPS) is 26.0. The van der Waals surface area contributed by atoms with Crippen LogP contribution in [0.3, 0.4) is 0 Å². The number of ether oxygens (including phenoxy) is 1. The SMILES string of the molecule is CCOCC(NC)C1CCCS1. The minimum Gasteiger partial charge on any atom is -0.380 e. The Morgan fingerprint density at radius 2 is 2.50 bits per heavy atom. The maximum Gasteiger partial charge on any atom is 0.0630 e. The Balaban J connectivity index is 2.22. The standard InChI is InChI=1S/C9H19NOS/c1-3-11-7-8(10-2)9-5-4-6-12-9/h8-10H,3-7H2,1-2H3. The molecule has 0 amide bonds. The number of likely N-dealkylation sites (N-methyl/N-ethyl adjacent to an activating group) is 1. The average molecular weight is 189 g/mol. The van der Waals surface area contributed by atoms with E-state index in [1.165, 1.54) is 18.6 Å². The second kappa shape index (κ2) is 5.84. The summed E-state index contributed by atoms with van der Waals surface area (Å²) >= 11 is 2.08. The van der Waals surface area contributed by atoms with Crippen molar-refractivity contribution in [2.45, 2.75) is 31.1 Å². The van der Waals surface area contributed by atoms with E-state index in [1.54, 1.807) is 0 Å². The second-order valence-electron chi connectivity index (χ2n) is 3.11. The highest BCUT2D eigenvalue weighted by molar-refractivity contribution is 8.00. The van der Waals surface area contributed by atoms with Crippen LogP contribution >= 0.6 is 11.8 Å². The van der Waals surface area contributed by atoms with Crippen molar-refractivity contribution in [3.05, 3.63) is 0 Å². The third kappa shape index (κ3) is 2.96. The van der Waals surface area contributed by atoms with Crippen molar-refractivity contribution < 1.29 is 4.74 Å². The molecule has 72 valence electrons. The number of hydrogen-bond acceptors (Lipinski definition) is 3. The molecule has 0 spiro atoms. The van der Waals surface area contributed by atoms with E-state index >= 15 is 0 Å². The predicted octanol–water partition coefficient (Wildman–Crippen LogP) is 1.51. The van der Waals surface area contributed by atoms with Gasteiger partial charge in [0.25, 0.3) is 0 Å². The van der Waals surface area contributed by atoms with Gasteiger partial charge in [-0.1, -0.05) is 0 Å². The third-order valence-corrected chi connectivity index (χ3v) is 3.80. The lowest BCUT2D eigenvalue weighted by molar-refractivity contribution is 0.124. The van der Waals surface area contributed by atoms with Crippen LogP contribution in [0.4, 0.5) is 0 Å². The molecule has 1 fully saturated rings. The molecule has 0 bridgehead atoms. The molecule has 1 saturated heterocycles. The summed E-state index contributed by atoms with van der Waals surface area (Å²) in [5, 5.41) is 4.11. The van der Waals surface area contributed by atoms with E-state index in [4.69, 9.17) is 4.74 Å². The first-order chi connectivity index (χ1) is 5.88. The third-order valence-electron chi connectivity index (χ3n) is 2.29. The zero-order valence-electron chi connectivity index (χ0n) is 8.01. The molecule has 0 aromatic carbocycles. The first-order valence-corrected chi connectivity index (χ1v) is 5.80. The maximum absolute atomic E-state index is 5.42. The van der Waals surface area contributed by atoms with Gasteiger partial charge in [0.2, 0.25) is 0 Å². The van der Waals surface area contributed by atoms with Crippen molar-refractivity contribution in [3.63, 3.8) is 0 Å². The summed E-state index contributed by atoms with van der Waals surface area (Å²) in [4.78, 5) is 0. The lowest BCUT2D eigenvalue weighted by Gasteiger charge is -2.21. The van der Waals surface area contributed by atoms with Crippen molar-refractivity contribution >= 4 is 11.8 Å². The summed E-state index contributed by atoms with van der Waals surface area (Å²) in [5.41, 5.74) is 0. The molecule has 0 radical (unpaired) electrons. The van der Waals surface area contributed by atoms with Gasteiger partial charge in [-0.05, 0) is 32.6 Å². The fourth-order valence-electron chi connectivity index (χ4n) is 1.54. The van der Waals surface area contributed by atoms with Gasteiger partial charge in [0, 0.05) is 17.9 Å². The molecule has 2 unspecified atom stereocenters. The van der Waals surface area contributed by atoms with Gasteiger partial charge in [-0.15, -0.1) is 0 Å². The molecule has 2 nitrogen and oxygen atoms in total. The monoisotopic (exact) mass is 189 g/mol. The van der Waals surface area contributed by atoms with Crippen molar-refractivity contribution in [1.29, 1.82) is 0 Å². The first kappa shape index (κ1) is 10.4. The van der Waals surface area contributed by atoms with Crippen molar-refractivity contribution in [3.8, 4) is 0 Å². The van der Waals surface area contributed by atoms with Crippen molar-refractivity contribution in [2.24, 2.45) is 0 Å². The topological polar surface area (TPSA) is 21.3 Å². The van der Waals surface area contributed by atoms with E-state index in [0.29, 0.717) is 6.04 Å². The molecule has 2 atom stereocenters. The molecule has 3 heteroatoms. The molecule has 1 heterocycles. The van der Waals surface area contributed by atoms with Gasteiger partial charge in [-0.3, -0.25) is 0 Å². The van der Waals surface area contributed by atoms with Crippen LogP contribution in [-0.4, -0.2) is 37.3 Å². The highest BCUT2D eigenvalue weighted by Crippen LogP contribution is 2.28. The Morgan fingerprint density at radius 1 is 1.67 bits per heavy atom. The van der Waals surface area contributed by atoms with Crippen LogP contribution in [0.2, 0.25) is 0 Å². The minimum absolute atomic E-state index is 0.553. The fraction of sp³-hybridized carbons (Fsp3) is 1.00. The first-order valence-electron chi connectivity index (χ1n) is 4.75. The minimum atomic E-state index is 0.553. The quantitative estimate of drug-likeness (QED) is 0.708. The number of nitrogens with one attached hydrogen (secondary N) is 1. The van der Waals surface area contributed by atoms with Crippen molar-refractivity contribution in [2.75, 3.05) is 26.0 Å². The van der Waals surface area contributed by atoms with Gasteiger partial charge < -0.3 is 10.1 Å². The molecule has 1 aliphatic rings.